The predicted octanol–water partition coefficient (Wildman–Crippen LogP) is 2.98. The van der Waals surface area contributed by atoms with Crippen LogP contribution in [-0.4, -0.2) is 66.9 Å². The molecule has 0 unspecified atom stereocenters. The molecule has 2 aromatic carbocycles. The van der Waals surface area contributed by atoms with E-state index in [-0.39, 0.29) is 4.90 Å². The fourth-order valence-corrected chi connectivity index (χ4v) is 5.46. The van der Waals surface area contributed by atoms with Crippen LogP contribution in [0.2, 0.25) is 0 Å². The molecule has 0 spiro atoms. The van der Waals surface area contributed by atoms with Crippen LogP contribution in [0.4, 0.5) is 5.82 Å². The van der Waals surface area contributed by atoms with Gasteiger partial charge in [0.25, 0.3) is 0 Å². The maximum absolute atomic E-state index is 12.8. The van der Waals surface area contributed by atoms with Crippen LogP contribution in [-0.2, 0) is 16.6 Å². The smallest absolute Gasteiger partial charge is 0.243 e. The molecule has 3 aromatic rings. The van der Waals surface area contributed by atoms with E-state index in [0.717, 1.165) is 38.5 Å². The summed E-state index contributed by atoms with van der Waals surface area (Å²) >= 11 is 0. The quantitative estimate of drug-likeness (QED) is 0.564. The third-order valence-electron chi connectivity index (χ3n) is 5.79. The lowest BCUT2D eigenvalue weighted by Crippen LogP contribution is -2.46. The monoisotopic (exact) mass is 439 g/mol. The van der Waals surface area contributed by atoms with Crippen LogP contribution in [0.3, 0.4) is 0 Å². The number of hydrogen-bond acceptors (Lipinski definition) is 6. The van der Waals surface area contributed by atoms with Gasteiger partial charge >= 0.3 is 0 Å². The average Bonchev–Trinajstić information content (AvgIpc) is 2.80. The molecule has 1 aromatic heterocycles. The lowest BCUT2D eigenvalue weighted by molar-refractivity contribution is 0.249. The molecule has 1 aliphatic rings. The van der Waals surface area contributed by atoms with E-state index in [0.29, 0.717) is 24.1 Å². The Morgan fingerprint density at radius 2 is 1.65 bits per heavy atom. The molecule has 0 saturated carbocycles. The van der Waals surface area contributed by atoms with Crippen LogP contribution >= 0.6 is 0 Å². The van der Waals surface area contributed by atoms with Crippen molar-refractivity contribution in [2.24, 2.45) is 0 Å². The SMILES string of the molecule is CCN(CC)S(=O)(=O)c1ccc2nc(N3CCN(Cc4ccccc4)CC3)cnc2c1. The molecular weight excluding hydrogens is 410 g/mol. The normalized spacial score (nSPS) is 15.6. The number of benzene rings is 2. The van der Waals surface area contributed by atoms with Crippen molar-refractivity contribution in [1.29, 1.82) is 0 Å². The summed E-state index contributed by atoms with van der Waals surface area (Å²) in [5.74, 6) is 0.839. The summed E-state index contributed by atoms with van der Waals surface area (Å²) in [4.78, 5) is 14.2. The highest BCUT2D eigenvalue weighted by atomic mass is 32.2. The molecule has 1 saturated heterocycles. The maximum atomic E-state index is 12.8. The number of hydrogen-bond donors (Lipinski definition) is 0. The Morgan fingerprint density at radius 3 is 2.32 bits per heavy atom. The minimum absolute atomic E-state index is 0.264. The number of aromatic nitrogens is 2. The second kappa shape index (κ2) is 9.30. The van der Waals surface area contributed by atoms with Crippen molar-refractivity contribution in [1.82, 2.24) is 19.2 Å². The van der Waals surface area contributed by atoms with Crippen molar-refractivity contribution in [3.8, 4) is 0 Å². The van der Waals surface area contributed by atoms with Gasteiger partial charge in [0.15, 0.2) is 0 Å². The van der Waals surface area contributed by atoms with Gasteiger partial charge < -0.3 is 4.90 Å². The number of sulfonamides is 1. The van der Waals surface area contributed by atoms with E-state index in [4.69, 9.17) is 4.98 Å². The number of rotatable bonds is 7. The van der Waals surface area contributed by atoms with E-state index in [2.05, 4.69) is 39.0 Å². The lowest BCUT2D eigenvalue weighted by atomic mass is 10.2. The van der Waals surface area contributed by atoms with Crippen LogP contribution < -0.4 is 4.90 Å². The highest BCUT2D eigenvalue weighted by Crippen LogP contribution is 2.22. The van der Waals surface area contributed by atoms with Gasteiger partial charge in [-0.15, -0.1) is 0 Å². The second-order valence-electron chi connectivity index (χ2n) is 7.72. The van der Waals surface area contributed by atoms with Gasteiger partial charge in [-0.05, 0) is 23.8 Å². The van der Waals surface area contributed by atoms with Crippen molar-refractivity contribution in [2.75, 3.05) is 44.2 Å². The number of piperazine rings is 1. The van der Waals surface area contributed by atoms with Crippen molar-refractivity contribution < 1.29 is 8.42 Å². The van der Waals surface area contributed by atoms with E-state index in [9.17, 15) is 8.42 Å². The minimum atomic E-state index is -3.51. The molecule has 0 N–H and O–H groups in total. The third kappa shape index (κ3) is 4.71. The van der Waals surface area contributed by atoms with Crippen molar-refractivity contribution >= 4 is 26.9 Å². The molecule has 1 fully saturated rings. The highest BCUT2D eigenvalue weighted by molar-refractivity contribution is 7.89. The maximum Gasteiger partial charge on any atom is 0.243 e. The predicted molar refractivity (Wildman–Crippen MR) is 124 cm³/mol. The zero-order valence-electron chi connectivity index (χ0n) is 18.1. The number of fused-ring (bicyclic) bond motifs is 1. The van der Waals surface area contributed by atoms with Crippen molar-refractivity contribution in [3.63, 3.8) is 0 Å². The zero-order valence-corrected chi connectivity index (χ0v) is 18.9. The van der Waals surface area contributed by atoms with Gasteiger partial charge in [0.1, 0.15) is 5.82 Å². The Labute approximate surface area is 184 Å². The van der Waals surface area contributed by atoms with E-state index in [1.165, 1.54) is 9.87 Å². The lowest BCUT2D eigenvalue weighted by Gasteiger charge is -2.35. The minimum Gasteiger partial charge on any atom is -0.353 e. The molecule has 0 bridgehead atoms. The topological polar surface area (TPSA) is 69.6 Å². The van der Waals surface area contributed by atoms with E-state index >= 15 is 0 Å². The third-order valence-corrected chi connectivity index (χ3v) is 7.84. The summed E-state index contributed by atoms with van der Waals surface area (Å²) in [7, 11) is -3.51. The summed E-state index contributed by atoms with van der Waals surface area (Å²) in [5, 5.41) is 0. The van der Waals surface area contributed by atoms with Gasteiger partial charge in [-0.25, -0.2) is 13.4 Å². The first-order chi connectivity index (χ1) is 15.0. The van der Waals surface area contributed by atoms with E-state index < -0.39 is 10.0 Å². The molecule has 4 rings (SSSR count). The Bertz CT molecular complexity index is 1130. The number of anilines is 1. The molecular formula is C23H29N5O2S. The molecule has 0 atom stereocenters. The van der Waals surface area contributed by atoms with Gasteiger partial charge in [-0.1, -0.05) is 44.2 Å². The average molecular weight is 440 g/mol. The molecule has 0 radical (unpaired) electrons. The first kappa shape index (κ1) is 21.7. The van der Waals surface area contributed by atoms with E-state index in [1.807, 2.05) is 19.9 Å². The molecule has 0 aliphatic carbocycles. The fourth-order valence-electron chi connectivity index (χ4n) is 3.98. The molecule has 164 valence electrons. The largest absolute Gasteiger partial charge is 0.353 e. The molecule has 31 heavy (non-hydrogen) atoms. The summed E-state index contributed by atoms with van der Waals surface area (Å²) < 4.78 is 27.0. The molecule has 1 aliphatic heterocycles. The highest BCUT2D eigenvalue weighted by Gasteiger charge is 2.23. The summed E-state index contributed by atoms with van der Waals surface area (Å²) in [6.45, 7) is 9.24. The fraction of sp³-hybridized carbons (Fsp3) is 0.391. The van der Waals surface area contributed by atoms with Crippen LogP contribution in [0.15, 0.2) is 59.6 Å². The van der Waals surface area contributed by atoms with Crippen molar-refractivity contribution in [2.45, 2.75) is 25.3 Å². The van der Waals surface area contributed by atoms with Crippen LogP contribution in [0, 0.1) is 0 Å². The Morgan fingerprint density at radius 1 is 0.935 bits per heavy atom. The Hall–Kier alpha value is -2.55. The van der Waals surface area contributed by atoms with Gasteiger partial charge in [0.05, 0.1) is 22.1 Å². The molecule has 0 amide bonds. The Kier molecular flexibility index (Phi) is 6.50. The van der Waals surface area contributed by atoms with Gasteiger partial charge in [-0.2, -0.15) is 4.31 Å². The Balaban J connectivity index is 1.46. The van der Waals surface area contributed by atoms with Gasteiger partial charge in [0.2, 0.25) is 10.0 Å². The first-order valence-corrected chi connectivity index (χ1v) is 12.2. The van der Waals surface area contributed by atoms with Crippen LogP contribution in [0.25, 0.3) is 11.0 Å². The molecule has 8 heteroatoms. The van der Waals surface area contributed by atoms with Crippen LogP contribution in [0.1, 0.15) is 19.4 Å². The van der Waals surface area contributed by atoms with Gasteiger partial charge in [-0.3, -0.25) is 9.88 Å². The molecule has 2 heterocycles. The zero-order chi connectivity index (χ0) is 21.8. The number of nitrogens with zero attached hydrogens (tertiary/aromatic N) is 5. The van der Waals surface area contributed by atoms with Crippen molar-refractivity contribution in [3.05, 3.63) is 60.3 Å². The standard InChI is InChI=1S/C23H29N5O2S/c1-3-28(4-2)31(29,30)20-10-11-21-22(16-20)24-17-23(25-21)27-14-12-26(13-15-27)18-19-8-6-5-7-9-19/h5-11,16-17H,3-4,12-15,18H2,1-2H3. The second-order valence-corrected chi connectivity index (χ2v) is 9.65. The van der Waals surface area contributed by atoms with E-state index in [1.54, 1.807) is 24.4 Å². The summed E-state index contributed by atoms with van der Waals surface area (Å²) in [6.07, 6.45) is 1.75. The first-order valence-electron chi connectivity index (χ1n) is 10.8. The summed E-state index contributed by atoms with van der Waals surface area (Å²) in [5.41, 5.74) is 2.64. The van der Waals surface area contributed by atoms with Crippen LogP contribution in [0.5, 0.6) is 0 Å². The summed E-state index contributed by atoms with van der Waals surface area (Å²) in [6, 6.07) is 15.5. The molecule has 7 nitrogen and oxygen atoms in total. The van der Waals surface area contributed by atoms with Gasteiger partial charge in [0, 0.05) is 45.8 Å².